The largest absolute Gasteiger partial charge is 0.355 e. The molecule has 0 aromatic rings. The summed E-state index contributed by atoms with van der Waals surface area (Å²) in [4.78, 5) is 14.4. The van der Waals surface area contributed by atoms with Gasteiger partial charge in [0.05, 0.1) is 0 Å². The van der Waals surface area contributed by atoms with E-state index in [2.05, 4.69) is 17.3 Å². The summed E-state index contributed by atoms with van der Waals surface area (Å²) in [5, 5.41) is 3.05. The molecule has 0 spiro atoms. The van der Waals surface area contributed by atoms with Crippen LogP contribution in [0.3, 0.4) is 0 Å². The van der Waals surface area contributed by atoms with E-state index in [9.17, 15) is 4.79 Å². The standard InChI is InChI=1S/C16H31N3O/c1-19(14-7-3-4-8-14)12-11-18-15(20)13-16(17)9-5-2-6-10-16/h14H,2-13,17H2,1H3,(H,18,20). The fraction of sp³-hybridized carbons (Fsp3) is 0.938. The van der Waals surface area contributed by atoms with Crippen LogP contribution in [-0.4, -0.2) is 42.5 Å². The van der Waals surface area contributed by atoms with Gasteiger partial charge in [0.2, 0.25) is 5.91 Å². The molecule has 116 valence electrons. The van der Waals surface area contributed by atoms with Crippen LogP contribution in [0.2, 0.25) is 0 Å². The number of nitrogens with two attached hydrogens (primary N) is 1. The number of nitrogens with zero attached hydrogens (tertiary/aromatic N) is 1. The monoisotopic (exact) mass is 281 g/mol. The zero-order valence-electron chi connectivity index (χ0n) is 13.0. The molecule has 0 radical (unpaired) electrons. The van der Waals surface area contributed by atoms with Crippen LogP contribution >= 0.6 is 0 Å². The molecule has 0 heterocycles. The number of amides is 1. The van der Waals surface area contributed by atoms with E-state index in [4.69, 9.17) is 5.73 Å². The van der Waals surface area contributed by atoms with E-state index < -0.39 is 0 Å². The van der Waals surface area contributed by atoms with Gasteiger partial charge in [0, 0.05) is 31.1 Å². The maximum absolute atomic E-state index is 12.0. The summed E-state index contributed by atoms with van der Waals surface area (Å²) in [6.07, 6.45) is 11.5. The molecule has 2 aliphatic carbocycles. The van der Waals surface area contributed by atoms with Crippen LogP contribution in [0.1, 0.15) is 64.2 Å². The molecule has 4 nitrogen and oxygen atoms in total. The van der Waals surface area contributed by atoms with Crippen molar-refractivity contribution >= 4 is 5.91 Å². The highest BCUT2D eigenvalue weighted by atomic mass is 16.1. The van der Waals surface area contributed by atoms with Gasteiger partial charge in [-0.15, -0.1) is 0 Å². The van der Waals surface area contributed by atoms with Crippen molar-refractivity contribution in [2.75, 3.05) is 20.1 Å². The molecule has 4 heteroatoms. The predicted octanol–water partition coefficient (Wildman–Crippen LogP) is 2.03. The van der Waals surface area contributed by atoms with Crippen LogP contribution in [0, 0.1) is 0 Å². The van der Waals surface area contributed by atoms with Crippen molar-refractivity contribution < 1.29 is 4.79 Å². The van der Waals surface area contributed by atoms with Crippen molar-refractivity contribution in [3.63, 3.8) is 0 Å². The summed E-state index contributed by atoms with van der Waals surface area (Å²) in [5.74, 6) is 0.134. The van der Waals surface area contributed by atoms with Crippen molar-refractivity contribution in [2.24, 2.45) is 5.73 Å². The Hall–Kier alpha value is -0.610. The van der Waals surface area contributed by atoms with Gasteiger partial charge in [0.15, 0.2) is 0 Å². The molecule has 2 saturated carbocycles. The summed E-state index contributed by atoms with van der Waals surface area (Å²) >= 11 is 0. The number of carbonyl (C=O) groups excluding carboxylic acids is 1. The van der Waals surface area contributed by atoms with Gasteiger partial charge in [-0.3, -0.25) is 4.79 Å². The average molecular weight is 281 g/mol. The third kappa shape index (κ3) is 4.74. The predicted molar refractivity (Wildman–Crippen MR) is 82.5 cm³/mol. The highest BCUT2D eigenvalue weighted by molar-refractivity contribution is 5.77. The number of rotatable bonds is 6. The molecule has 0 aliphatic heterocycles. The quantitative estimate of drug-likeness (QED) is 0.783. The Morgan fingerprint density at radius 1 is 1.20 bits per heavy atom. The fourth-order valence-corrected chi connectivity index (χ4v) is 3.71. The SMILES string of the molecule is CN(CCNC(=O)CC1(N)CCCCC1)C1CCCC1. The lowest BCUT2D eigenvalue weighted by Crippen LogP contribution is -2.47. The first-order valence-corrected chi connectivity index (χ1v) is 8.35. The second-order valence-corrected chi connectivity index (χ2v) is 6.87. The van der Waals surface area contributed by atoms with Gasteiger partial charge >= 0.3 is 0 Å². The van der Waals surface area contributed by atoms with E-state index in [1.54, 1.807) is 0 Å². The van der Waals surface area contributed by atoms with E-state index in [1.807, 2.05) is 0 Å². The second kappa shape index (κ2) is 7.41. The third-order valence-corrected chi connectivity index (χ3v) is 5.10. The normalized spacial score (nSPS) is 23.1. The molecule has 2 aliphatic rings. The van der Waals surface area contributed by atoms with Crippen molar-refractivity contribution in [3.8, 4) is 0 Å². The fourth-order valence-electron chi connectivity index (χ4n) is 3.71. The van der Waals surface area contributed by atoms with Crippen molar-refractivity contribution in [1.82, 2.24) is 10.2 Å². The number of nitrogens with one attached hydrogen (secondary N) is 1. The lowest BCUT2D eigenvalue weighted by atomic mass is 9.80. The van der Waals surface area contributed by atoms with E-state index in [0.29, 0.717) is 6.42 Å². The van der Waals surface area contributed by atoms with E-state index >= 15 is 0 Å². The van der Waals surface area contributed by atoms with E-state index in [0.717, 1.165) is 32.0 Å². The number of carbonyl (C=O) groups is 1. The molecule has 1 amide bonds. The number of hydrogen-bond donors (Lipinski definition) is 2. The maximum Gasteiger partial charge on any atom is 0.221 e. The third-order valence-electron chi connectivity index (χ3n) is 5.10. The zero-order valence-corrected chi connectivity index (χ0v) is 13.0. The first-order chi connectivity index (χ1) is 9.59. The Morgan fingerprint density at radius 3 is 2.50 bits per heavy atom. The minimum absolute atomic E-state index is 0.134. The van der Waals surface area contributed by atoms with Crippen LogP contribution < -0.4 is 11.1 Å². The van der Waals surface area contributed by atoms with Gasteiger partial charge in [-0.1, -0.05) is 32.1 Å². The van der Waals surface area contributed by atoms with Gasteiger partial charge < -0.3 is 16.0 Å². The maximum atomic E-state index is 12.0. The number of hydrogen-bond acceptors (Lipinski definition) is 3. The van der Waals surface area contributed by atoms with Crippen LogP contribution in [0.5, 0.6) is 0 Å². The van der Waals surface area contributed by atoms with Gasteiger partial charge in [-0.05, 0) is 32.7 Å². The molecular formula is C16H31N3O. The molecule has 0 saturated heterocycles. The van der Waals surface area contributed by atoms with Crippen LogP contribution in [0.4, 0.5) is 0 Å². The van der Waals surface area contributed by atoms with E-state index in [-0.39, 0.29) is 11.4 Å². The van der Waals surface area contributed by atoms with Crippen LogP contribution in [0.25, 0.3) is 0 Å². The first-order valence-electron chi connectivity index (χ1n) is 8.35. The van der Waals surface area contributed by atoms with E-state index in [1.165, 1.54) is 44.9 Å². The summed E-state index contributed by atoms with van der Waals surface area (Å²) in [7, 11) is 2.17. The molecule has 3 N–H and O–H groups in total. The Kier molecular flexibility index (Phi) is 5.85. The molecule has 0 atom stereocenters. The molecule has 0 unspecified atom stereocenters. The van der Waals surface area contributed by atoms with Crippen LogP contribution in [-0.2, 0) is 4.79 Å². The molecule has 0 bridgehead atoms. The Balaban J connectivity index is 1.62. The van der Waals surface area contributed by atoms with Crippen molar-refractivity contribution in [1.29, 1.82) is 0 Å². The van der Waals surface area contributed by atoms with Gasteiger partial charge in [-0.2, -0.15) is 0 Å². The van der Waals surface area contributed by atoms with Crippen molar-refractivity contribution in [3.05, 3.63) is 0 Å². The summed E-state index contributed by atoms with van der Waals surface area (Å²) in [6.45, 7) is 1.70. The molecule has 2 fully saturated rings. The Labute approximate surface area is 123 Å². The van der Waals surface area contributed by atoms with Gasteiger partial charge in [-0.25, -0.2) is 0 Å². The molecule has 0 aromatic heterocycles. The summed E-state index contributed by atoms with van der Waals surface area (Å²) < 4.78 is 0. The first kappa shape index (κ1) is 15.8. The minimum atomic E-state index is -0.236. The highest BCUT2D eigenvalue weighted by Gasteiger charge is 2.29. The molecule has 20 heavy (non-hydrogen) atoms. The average Bonchev–Trinajstić information content (AvgIpc) is 2.92. The summed E-state index contributed by atoms with van der Waals surface area (Å²) in [6, 6.07) is 0.728. The van der Waals surface area contributed by atoms with Crippen molar-refractivity contribution in [2.45, 2.75) is 75.8 Å². The minimum Gasteiger partial charge on any atom is -0.355 e. The second-order valence-electron chi connectivity index (χ2n) is 6.87. The van der Waals surface area contributed by atoms with Crippen LogP contribution in [0.15, 0.2) is 0 Å². The highest BCUT2D eigenvalue weighted by Crippen LogP contribution is 2.28. The lowest BCUT2D eigenvalue weighted by molar-refractivity contribution is -0.122. The lowest BCUT2D eigenvalue weighted by Gasteiger charge is -2.33. The summed E-state index contributed by atoms with van der Waals surface area (Å²) in [5.41, 5.74) is 6.08. The van der Waals surface area contributed by atoms with Gasteiger partial charge in [0.1, 0.15) is 0 Å². The number of likely N-dealkylation sites (N-methyl/N-ethyl adjacent to an activating group) is 1. The Bertz CT molecular complexity index is 307. The molecular weight excluding hydrogens is 250 g/mol. The zero-order chi connectivity index (χ0) is 14.4. The molecule has 0 aromatic carbocycles. The topological polar surface area (TPSA) is 58.4 Å². The van der Waals surface area contributed by atoms with Gasteiger partial charge in [0.25, 0.3) is 0 Å². The molecule has 2 rings (SSSR count). The smallest absolute Gasteiger partial charge is 0.221 e. The Morgan fingerprint density at radius 2 is 1.85 bits per heavy atom.